The maximum Gasteiger partial charge on any atom is 0.171 e. The molecule has 0 spiro atoms. The van der Waals surface area contributed by atoms with Crippen molar-refractivity contribution in [2.24, 2.45) is 5.92 Å². The Hall–Kier alpha value is -0.900. The lowest BCUT2D eigenvalue weighted by Crippen LogP contribution is -2.26. The van der Waals surface area contributed by atoms with Crippen LogP contribution < -0.4 is 0 Å². The fraction of sp³-hybridized carbons (Fsp3) is 0.500. The van der Waals surface area contributed by atoms with Gasteiger partial charge < -0.3 is 0 Å². The number of fused-ring (bicyclic) bond motifs is 2. The molecule has 2 aliphatic heterocycles. The third-order valence-corrected chi connectivity index (χ3v) is 5.50. The van der Waals surface area contributed by atoms with E-state index in [9.17, 15) is 13.6 Å². The number of hydrogen-bond acceptors (Lipinski definition) is 2. The van der Waals surface area contributed by atoms with Crippen molar-refractivity contribution in [3.8, 4) is 0 Å². The lowest BCUT2D eigenvalue weighted by Gasteiger charge is -2.26. The van der Waals surface area contributed by atoms with Gasteiger partial charge in [-0.05, 0) is 37.8 Å². The van der Waals surface area contributed by atoms with Gasteiger partial charge in [0.2, 0.25) is 0 Å². The van der Waals surface area contributed by atoms with Crippen LogP contribution in [0.2, 0.25) is 0 Å². The van der Waals surface area contributed by atoms with Gasteiger partial charge in [-0.1, -0.05) is 6.07 Å². The predicted molar refractivity (Wildman–Crippen MR) is 67.8 cm³/mol. The quantitative estimate of drug-likeness (QED) is 0.758. The molecule has 18 heavy (non-hydrogen) atoms. The lowest BCUT2D eigenvalue weighted by molar-refractivity contribution is 0.0898. The predicted octanol–water partition coefficient (Wildman–Crippen LogP) is 3.82. The van der Waals surface area contributed by atoms with E-state index in [0.717, 1.165) is 37.8 Å². The van der Waals surface area contributed by atoms with Crippen LogP contribution in [0.15, 0.2) is 18.2 Å². The van der Waals surface area contributed by atoms with Gasteiger partial charge >= 0.3 is 0 Å². The van der Waals surface area contributed by atoms with Gasteiger partial charge in [-0.15, -0.1) is 0 Å². The molecule has 1 nitrogen and oxygen atoms in total. The van der Waals surface area contributed by atoms with Crippen LogP contribution in [0.4, 0.5) is 8.78 Å². The molecular formula is C14H14F2OS. The number of thioether (sulfide) groups is 1. The molecule has 2 unspecified atom stereocenters. The topological polar surface area (TPSA) is 17.1 Å². The molecule has 2 heterocycles. The van der Waals surface area contributed by atoms with E-state index in [4.69, 9.17) is 0 Å². The Kier molecular flexibility index (Phi) is 3.14. The van der Waals surface area contributed by atoms with E-state index < -0.39 is 11.6 Å². The molecule has 0 amide bonds. The van der Waals surface area contributed by atoms with Crippen molar-refractivity contribution >= 4 is 17.5 Å². The molecule has 96 valence electrons. The summed E-state index contributed by atoms with van der Waals surface area (Å²) in [4.78, 5) is 12.3. The highest BCUT2D eigenvalue weighted by molar-refractivity contribution is 8.00. The van der Waals surface area contributed by atoms with Gasteiger partial charge in [-0.25, -0.2) is 8.78 Å². The van der Waals surface area contributed by atoms with Crippen LogP contribution in [0.1, 0.15) is 36.0 Å². The minimum Gasteiger partial charge on any atom is -0.294 e. The fourth-order valence-corrected chi connectivity index (χ4v) is 4.78. The molecule has 2 fully saturated rings. The maximum atomic E-state index is 13.6. The molecular weight excluding hydrogens is 254 g/mol. The second kappa shape index (κ2) is 4.65. The van der Waals surface area contributed by atoms with E-state index in [1.54, 1.807) is 0 Å². The van der Waals surface area contributed by atoms with Crippen molar-refractivity contribution in [1.82, 2.24) is 0 Å². The Labute approximate surface area is 109 Å². The van der Waals surface area contributed by atoms with Gasteiger partial charge in [-0.3, -0.25) is 4.79 Å². The first-order valence-electron chi connectivity index (χ1n) is 6.29. The van der Waals surface area contributed by atoms with E-state index in [1.165, 1.54) is 6.07 Å². The number of hydrogen-bond donors (Lipinski definition) is 0. The first-order chi connectivity index (χ1) is 8.65. The fourth-order valence-electron chi connectivity index (χ4n) is 3.01. The molecule has 0 aliphatic carbocycles. The first-order valence-corrected chi connectivity index (χ1v) is 7.23. The van der Waals surface area contributed by atoms with E-state index in [2.05, 4.69) is 0 Å². The Morgan fingerprint density at radius 3 is 2.22 bits per heavy atom. The SMILES string of the molecule is O=C(c1c(F)cccc1F)C1CC2CCC(C1)S2. The smallest absolute Gasteiger partial charge is 0.171 e. The van der Waals surface area contributed by atoms with Crippen molar-refractivity contribution < 1.29 is 13.6 Å². The van der Waals surface area contributed by atoms with Crippen molar-refractivity contribution in [3.05, 3.63) is 35.4 Å². The first kappa shape index (κ1) is 12.2. The highest BCUT2D eigenvalue weighted by atomic mass is 32.2. The molecule has 2 atom stereocenters. The Bertz CT molecular complexity index is 456. The number of carbonyl (C=O) groups excluding carboxylic acids is 1. The van der Waals surface area contributed by atoms with Crippen LogP contribution in [-0.4, -0.2) is 16.3 Å². The molecule has 1 aromatic carbocycles. The summed E-state index contributed by atoms with van der Waals surface area (Å²) in [6, 6.07) is 3.60. The highest BCUT2D eigenvalue weighted by Crippen LogP contribution is 2.46. The average molecular weight is 268 g/mol. The lowest BCUT2D eigenvalue weighted by atomic mass is 9.90. The molecule has 3 rings (SSSR count). The van der Waals surface area contributed by atoms with Crippen molar-refractivity contribution in [3.63, 3.8) is 0 Å². The van der Waals surface area contributed by atoms with E-state index >= 15 is 0 Å². The summed E-state index contributed by atoms with van der Waals surface area (Å²) in [5.74, 6) is -2.01. The molecule has 2 aliphatic rings. The summed E-state index contributed by atoms with van der Waals surface area (Å²) in [5.41, 5.74) is -0.339. The van der Waals surface area contributed by atoms with Gasteiger partial charge in [0.05, 0.1) is 5.56 Å². The van der Waals surface area contributed by atoms with Crippen molar-refractivity contribution in [2.45, 2.75) is 36.2 Å². The molecule has 0 N–H and O–H groups in total. The molecule has 0 aromatic heterocycles. The Morgan fingerprint density at radius 2 is 1.67 bits per heavy atom. The van der Waals surface area contributed by atoms with Gasteiger partial charge in [-0.2, -0.15) is 11.8 Å². The number of Topliss-reactive ketones (excluding diaryl/α,β-unsaturated/α-hetero) is 1. The summed E-state index contributed by atoms with van der Waals surface area (Å²) in [6.45, 7) is 0. The summed E-state index contributed by atoms with van der Waals surface area (Å²) < 4.78 is 27.2. The number of rotatable bonds is 2. The van der Waals surface area contributed by atoms with Crippen LogP contribution in [0, 0.1) is 17.6 Å². The second-order valence-electron chi connectivity index (χ2n) is 5.09. The van der Waals surface area contributed by atoms with Crippen LogP contribution in [0.5, 0.6) is 0 Å². The zero-order valence-corrected chi connectivity index (χ0v) is 10.7. The number of halogens is 2. The molecule has 1 aromatic rings. The molecule has 0 saturated carbocycles. The number of carbonyl (C=O) groups is 1. The zero-order chi connectivity index (χ0) is 12.7. The zero-order valence-electron chi connectivity index (χ0n) is 9.86. The largest absolute Gasteiger partial charge is 0.294 e. The molecule has 2 saturated heterocycles. The summed E-state index contributed by atoms with van der Waals surface area (Å²) in [5, 5.41) is 1.01. The molecule has 4 heteroatoms. The summed E-state index contributed by atoms with van der Waals surface area (Å²) in [7, 11) is 0. The monoisotopic (exact) mass is 268 g/mol. The summed E-state index contributed by atoms with van der Waals surface area (Å²) >= 11 is 1.94. The van der Waals surface area contributed by atoms with Crippen LogP contribution in [-0.2, 0) is 0 Å². The van der Waals surface area contributed by atoms with Gasteiger partial charge in [0.1, 0.15) is 11.6 Å². The average Bonchev–Trinajstić information content (AvgIpc) is 2.68. The van der Waals surface area contributed by atoms with Crippen LogP contribution in [0.3, 0.4) is 0 Å². The van der Waals surface area contributed by atoms with Crippen LogP contribution in [0.25, 0.3) is 0 Å². The second-order valence-corrected chi connectivity index (χ2v) is 6.69. The molecule has 0 radical (unpaired) electrons. The standard InChI is InChI=1S/C14H14F2OS/c15-11-2-1-3-12(16)13(11)14(17)8-6-9-4-5-10(7-8)18-9/h1-3,8-10H,4-7H2. The molecule has 2 bridgehead atoms. The summed E-state index contributed by atoms with van der Waals surface area (Å²) in [6.07, 6.45) is 3.82. The van der Waals surface area contributed by atoms with Crippen molar-refractivity contribution in [1.29, 1.82) is 0 Å². The third-order valence-electron chi connectivity index (χ3n) is 3.87. The number of ketones is 1. The van der Waals surface area contributed by atoms with E-state index in [1.807, 2.05) is 11.8 Å². The van der Waals surface area contributed by atoms with Crippen molar-refractivity contribution in [2.75, 3.05) is 0 Å². The van der Waals surface area contributed by atoms with Gasteiger partial charge in [0, 0.05) is 16.4 Å². The normalized spacial score (nSPS) is 30.4. The van der Waals surface area contributed by atoms with Gasteiger partial charge in [0.25, 0.3) is 0 Å². The minimum absolute atomic E-state index is 0.199. The Balaban J connectivity index is 1.86. The maximum absolute atomic E-state index is 13.6. The van der Waals surface area contributed by atoms with Crippen LogP contribution >= 0.6 is 11.8 Å². The minimum atomic E-state index is -0.731. The third kappa shape index (κ3) is 2.07. The van der Waals surface area contributed by atoms with E-state index in [0.29, 0.717) is 10.5 Å². The highest BCUT2D eigenvalue weighted by Gasteiger charge is 2.39. The van der Waals surface area contributed by atoms with Gasteiger partial charge in [0.15, 0.2) is 5.78 Å². The van der Waals surface area contributed by atoms with E-state index in [-0.39, 0.29) is 17.3 Å². The Morgan fingerprint density at radius 1 is 1.11 bits per heavy atom. The number of benzene rings is 1.